The molecule has 0 aromatic heterocycles. The molecule has 22 heavy (non-hydrogen) atoms. The predicted octanol–water partition coefficient (Wildman–Crippen LogP) is 3.24. The Morgan fingerprint density at radius 1 is 1.18 bits per heavy atom. The standard InChI is InChI=1S/C16H11ClN2O3/c17-13-8-15-14(21-4-5-22-15)7-12(13)16(20)19-11-3-1-2-10(6-11)9-18/h1-3,6-8H,4-5H2,(H,19,20). The number of halogens is 1. The van der Waals surface area contributed by atoms with Gasteiger partial charge in [-0.15, -0.1) is 0 Å². The lowest BCUT2D eigenvalue weighted by Crippen LogP contribution is -2.17. The van der Waals surface area contributed by atoms with Crippen molar-refractivity contribution in [2.24, 2.45) is 0 Å². The lowest BCUT2D eigenvalue weighted by Gasteiger charge is -2.19. The third-order valence-corrected chi connectivity index (χ3v) is 3.44. The van der Waals surface area contributed by atoms with Gasteiger partial charge in [0.1, 0.15) is 13.2 Å². The Balaban J connectivity index is 1.87. The lowest BCUT2D eigenvalue weighted by atomic mass is 10.1. The van der Waals surface area contributed by atoms with Crippen LogP contribution < -0.4 is 14.8 Å². The monoisotopic (exact) mass is 314 g/mol. The average Bonchev–Trinajstić information content (AvgIpc) is 2.54. The van der Waals surface area contributed by atoms with Crippen LogP contribution in [0.25, 0.3) is 0 Å². The van der Waals surface area contributed by atoms with Crippen molar-refractivity contribution in [1.29, 1.82) is 5.26 Å². The average molecular weight is 315 g/mol. The van der Waals surface area contributed by atoms with Crippen molar-refractivity contribution in [3.8, 4) is 17.6 Å². The molecule has 110 valence electrons. The minimum Gasteiger partial charge on any atom is -0.486 e. The molecule has 1 amide bonds. The number of fused-ring (bicyclic) bond motifs is 1. The van der Waals surface area contributed by atoms with Crippen LogP contribution in [-0.4, -0.2) is 19.1 Å². The number of amides is 1. The van der Waals surface area contributed by atoms with Crippen LogP contribution in [0.2, 0.25) is 5.02 Å². The zero-order chi connectivity index (χ0) is 15.5. The summed E-state index contributed by atoms with van der Waals surface area (Å²) in [5.41, 5.74) is 1.27. The van der Waals surface area contributed by atoms with Gasteiger partial charge in [-0.25, -0.2) is 0 Å². The van der Waals surface area contributed by atoms with E-state index in [0.29, 0.717) is 36.0 Å². The van der Waals surface area contributed by atoms with Crippen LogP contribution in [0.5, 0.6) is 11.5 Å². The molecule has 0 radical (unpaired) electrons. The van der Waals surface area contributed by atoms with Crippen LogP contribution in [-0.2, 0) is 0 Å². The first-order valence-corrected chi connectivity index (χ1v) is 6.96. The van der Waals surface area contributed by atoms with E-state index in [1.165, 1.54) is 0 Å². The lowest BCUT2D eigenvalue weighted by molar-refractivity contribution is 0.102. The SMILES string of the molecule is N#Cc1cccc(NC(=O)c2cc3c(cc2Cl)OCCO3)c1. The molecule has 6 heteroatoms. The van der Waals surface area contributed by atoms with Crippen molar-refractivity contribution in [1.82, 2.24) is 0 Å². The van der Waals surface area contributed by atoms with Crippen LogP contribution in [0.15, 0.2) is 36.4 Å². The molecule has 0 atom stereocenters. The number of hydrogen-bond donors (Lipinski definition) is 1. The van der Waals surface area contributed by atoms with Gasteiger partial charge in [-0.05, 0) is 24.3 Å². The second-order valence-electron chi connectivity index (χ2n) is 4.62. The Kier molecular flexibility index (Phi) is 3.86. The summed E-state index contributed by atoms with van der Waals surface area (Å²) < 4.78 is 10.9. The second kappa shape index (κ2) is 5.96. The zero-order valence-electron chi connectivity index (χ0n) is 11.4. The number of nitriles is 1. The number of nitrogens with zero attached hydrogens (tertiary/aromatic N) is 1. The van der Waals surface area contributed by atoms with E-state index in [1.54, 1.807) is 36.4 Å². The first kappa shape index (κ1) is 14.2. The van der Waals surface area contributed by atoms with Gasteiger partial charge in [0.25, 0.3) is 5.91 Å². The number of hydrogen-bond acceptors (Lipinski definition) is 4. The van der Waals surface area contributed by atoms with Gasteiger partial charge in [0.15, 0.2) is 11.5 Å². The van der Waals surface area contributed by atoms with Crippen molar-refractivity contribution in [2.75, 3.05) is 18.5 Å². The smallest absolute Gasteiger partial charge is 0.257 e. The van der Waals surface area contributed by atoms with Gasteiger partial charge >= 0.3 is 0 Å². The summed E-state index contributed by atoms with van der Waals surface area (Å²) in [6, 6.07) is 11.8. The Bertz CT molecular complexity index is 783. The van der Waals surface area contributed by atoms with Crippen LogP contribution >= 0.6 is 11.6 Å². The summed E-state index contributed by atoms with van der Waals surface area (Å²) in [7, 11) is 0. The van der Waals surface area contributed by atoms with Crippen LogP contribution in [0.1, 0.15) is 15.9 Å². The Morgan fingerprint density at radius 2 is 1.91 bits per heavy atom. The van der Waals surface area contributed by atoms with Gasteiger partial charge in [0.2, 0.25) is 0 Å². The third-order valence-electron chi connectivity index (χ3n) is 3.13. The molecule has 1 aliphatic heterocycles. The minimum atomic E-state index is -0.378. The largest absolute Gasteiger partial charge is 0.486 e. The van der Waals surface area contributed by atoms with E-state index >= 15 is 0 Å². The maximum atomic E-state index is 12.3. The molecule has 0 spiro atoms. The summed E-state index contributed by atoms with van der Waals surface area (Å²) in [4.78, 5) is 12.3. The number of anilines is 1. The fourth-order valence-corrected chi connectivity index (χ4v) is 2.34. The highest BCUT2D eigenvalue weighted by atomic mass is 35.5. The Labute approximate surface area is 132 Å². The van der Waals surface area contributed by atoms with E-state index in [4.69, 9.17) is 26.3 Å². The van der Waals surface area contributed by atoms with E-state index in [1.807, 2.05) is 6.07 Å². The normalized spacial score (nSPS) is 12.4. The fourth-order valence-electron chi connectivity index (χ4n) is 2.10. The van der Waals surface area contributed by atoms with Gasteiger partial charge in [-0.1, -0.05) is 17.7 Å². The van der Waals surface area contributed by atoms with Gasteiger partial charge < -0.3 is 14.8 Å². The summed E-state index contributed by atoms with van der Waals surface area (Å²) >= 11 is 6.13. The predicted molar refractivity (Wildman–Crippen MR) is 81.6 cm³/mol. The van der Waals surface area contributed by atoms with E-state index in [9.17, 15) is 4.79 Å². The number of carbonyl (C=O) groups is 1. The maximum absolute atomic E-state index is 12.3. The summed E-state index contributed by atoms with van der Waals surface area (Å²) in [5.74, 6) is 0.642. The van der Waals surface area contributed by atoms with Crippen LogP contribution in [0.3, 0.4) is 0 Å². The quantitative estimate of drug-likeness (QED) is 0.923. The highest BCUT2D eigenvalue weighted by molar-refractivity contribution is 6.34. The molecule has 2 aromatic carbocycles. The van der Waals surface area contributed by atoms with E-state index < -0.39 is 0 Å². The summed E-state index contributed by atoms with van der Waals surface area (Å²) in [6.07, 6.45) is 0. The molecule has 0 fully saturated rings. The van der Waals surface area contributed by atoms with Gasteiger partial charge in [-0.2, -0.15) is 5.26 Å². The molecule has 0 saturated carbocycles. The molecule has 1 aliphatic rings. The van der Waals surface area contributed by atoms with E-state index in [-0.39, 0.29) is 16.5 Å². The molecule has 0 unspecified atom stereocenters. The Morgan fingerprint density at radius 3 is 2.64 bits per heavy atom. The molecule has 3 rings (SSSR count). The fraction of sp³-hybridized carbons (Fsp3) is 0.125. The van der Waals surface area contributed by atoms with Crippen molar-refractivity contribution >= 4 is 23.2 Å². The first-order chi connectivity index (χ1) is 10.7. The van der Waals surface area contributed by atoms with Crippen molar-refractivity contribution < 1.29 is 14.3 Å². The topological polar surface area (TPSA) is 71.4 Å². The third kappa shape index (κ3) is 2.83. The van der Waals surface area contributed by atoms with Crippen molar-refractivity contribution in [2.45, 2.75) is 0 Å². The number of benzene rings is 2. The molecular weight excluding hydrogens is 304 g/mol. The molecule has 1 heterocycles. The maximum Gasteiger partial charge on any atom is 0.257 e. The summed E-state index contributed by atoms with van der Waals surface area (Å²) in [5, 5.41) is 11.9. The molecule has 0 aliphatic carbocycles. The number of nitrogens with one attached hydrogen (secondary N) is 1. The van der Waals surface area contributed by atoms with E-state index in [0.717, 1.165) is 0 Å². The molecule has 1 N–H and O–H groups in total. The molecular formula is C16H11ClN2O3. The number of ether oxygens (including phenoxy) is 2. The molecule has 0 bridgehead atoms. The Hall–Kier alpha value is -2.71. The molecule has 0 saturated heterocycles. The van der Waals surface area contributed by atoms with Crippen molar-refractivity contribution in [3.05, 3.63) is 52.5 Å². The minimum absolute atomic E-state index is 0.276. The summed E-state index contributed by atoms with van der Waals surface area (Å²) in [6.45, 7) is 0.885. The van der Waals surface area contributed by atoms with Crippen molar-refractivity contribution in [3.63, 3.8) is 0 Å². The molecule has 5 nitrogen and oxygen atoms in total. The van der Waals surface area contributed by atoms with Crippen LogP contribution in [0.4, 0.5) is 5.69 Å². The van der Waals surface area contributed by atoms with Crippen LogP contribution in [0, 0.1) is 11.3 Å². The first-order valence-electron chi connectivity index (χ1n) is 6.58. The number of carbonyl (C=O) groups excluding carboxylic acids is 1. The van der Waals surface area contributed by atoms with Gasteiger partial charge in [0.05, 0.1) is 22.2 Å². The number of rotatable bonds is 2. The highest BCUT2D eigenvalue weighted by Gasteiger charge is 2.19. The second-order valence-corrected chi connectivity index (χ2v) is 5.03. The van der Waals surface area contributed by atoms with Gasteiger partial charge in [0, 0.05) is 11.8 Å². The molecule has 2 aromatic rings. The van der Waals surface area contributed by atoms with E-state index in [2.05, 4.69) is 5.32 Å². The van der Waals surface area contributed by atoms with Gasteiger partial charge in [-0.3, -0.25) is 4.79 Å². The zero-order valence-corrected chi connectivity index (χ0v) is 12.2. The highest BCUT2D eigenvalue weighted by Crippen LogP contribution is 2.35.